The molecule has 2 heterocycles. The van der Waals surface area contributed by atoms with Crippen LogP contribution in [0.25, 0.3) is 11.0 Å². The average molecular weight is 160 g/mol. The molecule has 3 heteroatoms. The molecular formula is C9H8N2O. The van der Waals surface area contributed by atoms with E-state index >= 15 is 0 Å². The second-order valence-corrected chi connectivity index (χ2v) is 2.75. The molecule has 0 saturated carbocycles. The third-order valence-corrected chi connectivity index (χ3v) is 1.75. The van der Waals surface area contributed by atoms with Crippen LogP contribution in [0.3, 0.4) is 0 Å². The minimum Gasteiger partial charge on any atom is -0.618 e. The lowest BCUT2D eigenvalue weighted by Gasteiger charge is -1.99. The monoisotopic (exact) mass is 160 g/mol. The summed E-state index contributed by atoms with van der Waals surface area (Å²) >= 11 is 0. The van der Waals surface area contributed by atoms with Gasteiger partial charge in [0.1, 0.15) is 5.52 Å². The van der Waals surface area contributed by atoms with Crippen LogP contribution in [0.4, 0.5) is 0 Å². The highest BCUT2D eigenvalue weighted by Gasteiger charge is 2.02. The maximum Gasteiger partial charge on any atom is 0.242 e. The second kappa shape index (κ2) is 2.44. The molecule has 2 aromatic rings. The number of aromatic nitrogens is 2. The van der Waals surface area contributed by atoms with Crippen molar-refractivity contribution >= 4 is 11.0 Å². The predicted molar refractivity (Wildman–Crippen MR) is 45.4 cm³/mol. The smallest absolute Gasteiger partial charge is 0.242 e. The maximum absolute atomic E-state index is 11.2. The fourth-order valence-corrected chi connectivity index (χ4v) is 1.16. The molecule has 0 bridgehead atoms. The molecule has 0 atom stereocenters. The third-order valence-electron chi connectivity index (χ3n) is 1.75. The highest BCUT2D eigenvalue weighted by molar-refractivity contribution is 5.70. The number of hydrogen-bond donors (Lipinski definition) is 0. The van der Waals surface area contributed by atoms with Crippen molar-refractivity contribution in [2.24, 2.45) is 0 Å². The summed E-state index contributed by atoms with van der Waals surface area (Å²) in [5.41, 5.74) is 2.36. The van der Waals surface area contributed by atoms with Gasteiger partial charge >= 0.3 is 0 Å². The van der Waals surface area contributed by atoms with Crippen LogP contribution in [0, 0.1) is 12.1 Å². The van der Waals surface area contributed by atoms with E-state index in [1.807, 2.05) is 19.1 Å². The van der Waals surface area contributed by atoms with Crippen molar-refractivity contribution in [3.63, 3.8) is 0 Å². The quantitative estimate of drug-likeness (QED) is 0.428. The van der Waals surface area contributed by atoms with Crippen LogP contribution in [-0.4, -0.2) is 4.98 Å². The lowest BCUT2D eigenvalue weighted by Crippen LogP contribution is -2.25. The summed E-state index contributed by atoms with van der Waals surface area (Å²) in [6.45, 7) is 1.92. The fraction of sp³-hybridized carbons (Fsp3) is 0.111. The molecule has 3 nitrogen and oxygen atoms in total. The highest BCUT2D eigenvalue weighted by atomic mass is 16.5. The van der Waals surface area contributed by atoms with Crippen LogP contribution in [0.15, 0.2) is 30.6 Å². The van der Waals surface area contributed by atoms with Gasteiger partial charge in [0.25, 0.3) is 0 Å². The first kappa shape index (κ1) is 7.03. The van der Waals surface area contributed by atoms with E-state index in [-0.39, 0.29) is 0 Å². The predicted octanol–water partition coefficient (Wildman–Crippen LogP) is 1.18. The normalized spacial score (nSPS) is 10.4. The second-order valence-electron chi connectivity index (χ2n) is 2.75. The maximum atomic E-state index is 11.2. The van der Waals surface area contributed by atoms with Crippen molar-refractivity contribution in [1.82, 2.24) is 4.98 Å². The summed E-state index contributed by atoms with van der Waals surface area (Å²) in [5.74, 6) is 0. The first-order valence-corrected chi connectivity index (χ1v) is 3.72. The van der Waals surface area contributed by atoms with Crippen LogP contribution >= 0.6 is 0 Å². The van der Waals surface area contributed by atoms with Gasteiger partial charge in [-0.3, -0.25) is 0 Å². The topological polar surface area (TPSA) is 39.8 Å². The van der Waals surface area contributed by atoms with Gasteiger partial charge in [-0.25, -0.2) is 4.98 Å². The van der Waals surface area contributed by atoms with Gasteiger partial charge in [0.15, 0.2) is 6.20 Å². The van der Waals surface area contributed by atoms with Crippen molar-refractivity contribution in [3.8, 4) is 0 Å². The molecule has 0 aromatic carbocycles. The highest BCUT2D eigenvalue weighted by Crippen LogP contribution is 2.06. The van der Waals surface area contributed by atoms with Crippen LogP contribution < -0.4 is 4.73 Å². The summed E-state index contributed by atoms with van der Waals surface area (Å²) in [7, 11) is 0. The lowest BCUT2D eigenvalue weighted by atomic mass is 10.2. The Hall–Kier alpha value is -1.64. The minimum absolute atomic E-state index is 0.623. The van der Waals surface area contributed by atoms with Gasteiger partial charge in [-0.2, -0.15) is 4.73 Å². The van der Waals surface area contributed by atoms with Crippen LogP contribution in [0.1, 0.15) is 5.56 Å². The number of rotatable bonds is 0. The summed E-state index contributed by atoms with van der Waals surface area (Å²) in [6.07, 6.45) is 3.23. The zero-order valence-electron chi connectivity index (χ0n) is 6.69. The molecule has 0 aliphatic rings. The lowest BCUT2D eigenvalue weighted by molar-refractivity contribution is -0.577. The molecule has 0 fully saturated rings. The standard InChI is InChI=1S/C9H8N2O/c1-7-5-9-8(10-6-7)3-2-4-11(9)12/h2-6H,1H3. The minimum atomic E-state index is 0.623. The van der Waals surface area contributed by atoms with E-state index in [9.17, 15) is 5.21 Å². The molecule has 0 spiro atoms. The molecule has 0 radical (unpaired) electrons. The molecule has 0 aliphatic carbocycles. The Morgan fingerprint density at radius 2 is 2.33 bits per heavy atom. The van der Waals surface area contributed by atoms with Gasteiger partial charge in [-0.1, -0.05) is 0 Å². The van der Waals surface area contributed by atoms with E-state index in [1.54, 1.807) is 12.3 Å². The molecule has 0 unspecified atom stereocenters. The number of pyridine rings is 2. The van der Waals surface area contributed by atoms with E-state index in [4.69, 9.17) is 0 Å². The summed E-state index contributed by atoms with van der Waals surface area (Å²) in [4.78, 5) is 4.12. The van der Waals surface area contributed by atoms with Gasteiger partial charge in [0.2, 0.25) is 5.52 Å². The van der Waals surface area contributed by atoms with Crippen molar-refractivity contribution in [2.45, 2.75) is 6.92 Å². The molecule has 2 rings (SSSR count). The number of aryl methyl sites for hydroxylation is 1. The summed E-state index contributed by atoms with van der Waals surface area (Å²) < 4.78 is 0.829. The van der Waals surface area contributed by atoms with Crippen LogP contribution in [-0.2, 0) is 0 Å². The molecule has 0 aliphatic heterocycles. The zero-order chi connectivity index (χ0) is 8.55. The number of nitrogens with zero attached hydrogens (tertiary/aromatic N) is 2. The Morgan fingerprint density at radius 3 is 3.17 bits per heavy atom. The average Bonchev–Trinajstić information content (AvgIpc) is 2.07. The van der Waals surface area contributed by atoms with Crippen molar-refractivity contribution in [3.05, 3.63) is 41.4 Å². The van der Waals surface area contributed by atoms with E-state index < -0.39 is 0 Å². The Labute approximate surface area is 69.9 Å². The summed E-state index contributed by atoms with van der Waals surface area (Å²) in [6, 6.07) is 5.34. The van der Waals surface area contributed by atoms with Gasteiger partial charge in [-0.05, 0) is 18.6 Å². The Kier molecular flexibility index (Phi) is 1.43. The molecular weight excluding hydrogens is 152 g/mol. The molecule has 0 amide bonds. The molecule has 0 N–H and O–H groups in total. The first-order valence-electron chi connectivity index (χ1n) is 3.72. The van der Waals surface area contributed by atoms with Gasteiger partial charge in [0, 0.05) is 18.3 Å². The van der Waals surface area contributed by atoms with Crippen LogP contribution in [0.2, 0.25) is 0 Å². The molecule has 2 aromatic heterocycles. The molecule has 0 saturated heterocycles. The van der Waals surface area contributed by atoms with Crippen molar-refractivity contribution in [2.75, 3.05) is 0 Å². The van der Waals surface area contributed by atoms with E-state index in [0.717, 1.165) is 15.8 Å². The van der Waals surface area contributed by atoms with Crippen molar-refractivity contribution in [1.29, 1.82) is 0 Å². The van der Waals surface area contributed by atoms with Crippen LogP contribution in [0.5, 0.6) is 0 Å². The van der Waals surface area contributed by atoms with Crippen molar-refractivity contribution < 1.29 is 4.73 Å². The fourth-order valence-electron chi connectivity index (χ4n) is 1.16. The Bertz CT molecular complexity index is 426. The number of fused-ring (bicyclic) bond motifs is 1. The first-order chi connectivity index (χ1) is 5.77. The molecule has 60 valence electrons. The number of hydrogen-bond acceptors (Lipinski definition) is 2. The van der Waals surface area contributed by atoms with Gasteiger partial charge in [0.05, 0.1) is 0 Å². The third kappa shape index (κ3) is 0.993. The van der Waals surface area contributed by atoms with Gasteiger partial charge < -0.3 is 5.21 Å². The van der Waals surface area contributed by atoms with Gasteiger partial charge in [-0.15, -0.1) is 0 Å². The zero-order valence-corrected chi connectivity index (χ0v) is 6.69. The Morgan fingerprint density at radius 1 is 1.50 bits per heavy atom. The Balaban J connectivity index is 2.88. The van der Waals surface area contributed by atoms with E-state index in [0.29, 0.717) is 5.52 Å². The largest absolute Gasteiger partial charge is 0.618 e. The summed E-state index contributed by atoms with van der Waals surface area (Å²) in [5, 5.41) is 11.2. The van der Waals surface area contributed by atoms with E-state index in [2.05, 4.69) is 4.98 Å². The van der Waals surface area contributed by atoms with E-state index in [1.165, 1.54) is 6.20 Å². The molecule has 12 heavy (non-hydrogen) atoms. The SMILES string of the molecule is Cc1cnc2ccc[n+]([O-])c2c1.